The molecule has 0 bridgehead atoms. The molecule has 0 aromatic carbocycles. The van der Waals surface area contributed by atoms with Crippen molar-refractivity contribution in [3.05, 3.63) is 0 Å². The van der Waals surface area contributed by atoms with Gasteiger partial charge in [-0.05, 0) is 162 Å². The summed E-state index contributed by atoms with van der Waals surface area (Å²) >= 11 is 0. The Morgan fingerprint density at radius 1 is 0.977 bits per heavy atom. The molecule has 43 heavy (non-hydrogen) atoms. The summed E-state index contributed by atoms with van der Waals surface area (Å²) in [5.74, 6) is 4.58. The van der Waals surface area contributed by atoms with Crippen LogP contribution in [0.15, 0.2) is 0 Å². The van der Waals surface area contributed by atoms with Gasteiger partial charge in [0.2, 0.25) is 0 Å². The number of aliphatic hydroxyl groups excluding tert-OH is 1. The lowest BCUT2D eigenvalue weighted by Crippen LogP contribution is -2.59. The minimum absolute atomic E-state index is 0.0183. The number of unbranched alkanes of at least 4 members (excludes halogenated alkanes) is 1. The molecule has 4 aliphatic rings. The van der Waals surface area contributed by atoms with Crippen LogP contribution in [0.3, 0.4) is 0 Å². The first kappa shape index (κ1) is 35.6. The summed E-state index contributed by atoms with van der Waals surface area (Å²) in [5, 5.41) is 19.2. The van der Waals surface area contributed by atoms with Crippen molar-refractivity contribution >= 4 is 10.4 Å². The minimum Gasteiger partial charge on any atom is -0.393 e. The average Bonchev–Trinajstić information content (AvgIpc) is 3.38. The third-order valence-corrected chi connectivity index (χ3v) is 13.3. The standard InChI is InChI=1S/C34H65N3O5S/c1-22(2)31(42-43(39,40)41)12-9-23(3)27-10-11-28-32(27)24(4)19-29-33(28)30(38)21-25-20-26(13-14-34(25,29)5)37-18-8-17-36-16-7-6-15-35/h22-33,36-38H,6-21,35H2,1-5H3,(H,39,40,41)/t23?,24-,25-,26+,27-,28?,29?,30-,31-,32?,33?,34+/m1/s1. The monoisotopic (exact) mass is 627 g/mol. The van der Waals surface area contributed by atoms with Gasteiger partial charge in [0, 0.05) is 6.04 Å². The van der Waals surface area contributed by atoms with Crippen molar-refractivity contribution in [2.45, 2.75) is 130 Å². The SMILES string of the molecule is CC(CC[C@@H](OS(=O)(=O)O)C(C)C)[C@H]1CCC2C1[C@H](C)CC1C2[C@H](O)C[C@H]2C[C@@H](NCCCNCCCCN)CC[C@]12C. The zero-order chi connectivity index (χ0) is 31.4. The molecule has 252 valence electrons. The van der Waals surface area contributed by atoms with Gasteiger partial charge in [0.1, 0.15) is 0 Å². The van der Waals surface area contributed by atoms with Crippen molar-refractivity contribution in [1.29, 1.82) is 0 Å². The fraction of sp³-hybridized carbons (Fsp3) is 1.00. The van der Waals surface area contributed by atoms with E-state index in [0.717, 1.165) is 58.3 Å². The predicted octanol–water partition coefficient (Wildman–Crippen LogP) is 5.41. The predicted molar refractivity (Wildman–Crippen MR) is 174 cm³/mol. The zero-order valence-corrected chi connectivity index (χ0v) is 28.7. The van der Waals surface area contributed by atoms with Gasteiger partial charge in [-0.3, -0.25) is 4.55 Å². The van der Waals surface area contributed by atoms with Crippen LogP contribution in [-0.2, 0) is 14.6 Å². The highest BCUT2D eigenvalue weighted by Gasteiger charge is 2.61. The van der Waals surface area contributed by atoms with Gasteiger partial charge in [0.05, 0.1) is 12.2 Å². The molecule has 4 fully saturated rings. The largest absolute Gasteiger partial charge is 0.397 e. The molecule has 0 aromatic heterocycles. The van der Waals surface area contributed by atoms with E-state index in [0.29, 0.717) is 65.2 Å². The molecule has 0 saturated heterocycles. The molecule has 0 amide bonds. The number of rotatable bonds is 16. The van der Waals surface area contributed by atoms with Crippen molar-refractivity contribution in [2.24, 2.45) is 64.4 Å². The van der Waals surface area contributed by atoms with Crippen LogP contribution in [0.5, 0.6) is 0 Å². The molecule has 5 unspecified atom stereocenters. The molecule has 0 aromatic rings. The summed E-state index contributed by atoms with van der Waals surface area (Å²) in [4.78, 5) is 0. The number of aliphatic hydroxyl groups is 1. The van der Waals surface area contributed by atoms with Crippen LogP contribution in [0.1, 0.15) is 112 Å². The smallest absolute Gasteiger partial charge is 0.393 e. The van der Waals surface area contributed by atoms with E-state index in [2.05, 4.69) is 31.4 Å². The summed E-state index contributed by atoms with van der Waals surface area (Å²) in [6.45, 7) is 15.2. The van der Waals surface area contributed by atoms with E-state index in [-0.39, 0.29) is 12.0 Å². The molecule has 0 radical (unpaired) electrons. The maximum Gasteiger partial charge on any atom is 0.397 e. The van der Waals surface area contributed by atoms with Gasteiger partial charge in [-0.25, -0.2) is 4.18 Å². The second-order valence-electron chi connectivity index (χ2n) is 15.8. The quantitative estimate of drug-likeness (QED) is 0.113. The Bertz CT molecular complexity index is 966. The van der Waals surface area contributed by atoms with Crippen LogP contribution in [0, 0.1) is 58.7 Å². The maximum absolute atomic E-state index is 11.7. The summed E-state index contributed by atoms with van der Waals surface area (Å²) < 4.78 is 37.1. The molecule has 8 nitrogen and oxygen atoms in total. The molecule has 9 heteroatoms. The van der Waals surface area contributed by atoms with Gasteiger partial charge in [-0.1, -0.05) is 34.6 Å². The number of fused-ring (bicyclic) bond motifs is 5. The van der Waals surface area contributed by atoms with E-state index < -0.39 is 16.5 Å². The fourth-order valence-corrected chi connectivity index (χ4v) is 11.2. The van der Waals surface area contributed by atoms with Crippen molar-refractivity contribution in [2.75, 3.05) is 26.2 Å². The van der Waals surface area contributed by atoms with Crippen LogP contribution < -0.4 is 16.4 Å². The highest BCUT2D eigenvalue weighted by Crippen LogP contribution is 2.65. The Morgan fingerprint density at radius 3 is 2.42 bits per heavy atom. The number of hydrogen-bond donors (Lipinski definition) is 5. The summed E-state index contributed by atoms with van der Waals surface area (Å²) in [5.41, 5.74) is 5.91. The highest BCUT2D eigenvalue weighted by molar-refractivity contribution is 7.80. The topological polar surface area (TPSA) is 134 Å². The second-order valence-corrected chi connectivity index (χ2v) is 16.8. The normalized spacial score (nSPS) is 39.2. The van der Waals surface area contributed by atoms with Crippen molar-refractivity contribution in [3.63, 3.8) is 0 Å². The van der Waals surface area contributed by atoms with E-state index in [4.69, 9.17) is 9.92 Å². The Hall–Kier alpha value is -0.290. The number of nitrogens with two attached hydrogens (primary N) is 1. The number of hydrogen-bond acceptors (Lipinski definition) is 7. The molecule has 0 spiro atoms. The Morgan fingerprint density at radius 2 is 1.72 bits per heavy atom. The first-order valence-corrected chi connectivity index (χ1v) is 19.2. The molecule has 4 rings (SSSR count). The highest BCUT2D eigenvalue weighted by atomic mass is 32.3. The van der Waals surface area contributed by atoms with Crippen molar-refractivity contribution in [3.8, 4) is 0 Å². The van der Waals surface area contributed by atoms with Crippen LogP contribution >= 0.6 is 0 Å². The molecular weight excluding hydrogens is 562 g/mol. The molecule has 4 saturated carbocycles. The molecule has 6 N–H and O–H groups in total. The van der Waals surface area contributed by atoms with Crippen molar-refractivity contribution in [1.82, 2.24) is 10.6 Å². The summed E-state index contributed by atoms with van der Waals surface area (Å²) in [7, 11) is -4.45. The first-order valence-electron chi connectivity index (χ1n) is 17.8. The molecule has 0 aliphatic heterocycles. The first-order chi connectivity index (χ1) is 20.4. The lowest BCUT2D eigenvalue weighted by Gasteiger charge is -2.62. The zero-order valence-electron chi connectivity index (χ0n) is 27.8. The van der Waals surface area contributed by atoms with E-state index >= 15 is 0 Å². The van der Waals surface area contributed by atoms with Crippen molar-refractivity contribution < 1.29 is 22.3 Å². The Balaban J connectivity index is 1.31. The molecule has 0 heterocycles. The van der Waals surface area contributed by atoms with Crippen LogP contribution in [-0.4, -0.2) is 62.5 Å². The lowest BCUT2D eigenvalue weighted by molar-refractivity contribution is -0.160. The van der Waals surface area contributed by atoms with Gasteiger partial charge >= 0.3 is 10.4 Å². The van der Waals surface area contributed by atoms with E-state index in [1.54, 1.807) is 0 Å². The van der Waals surface area contributed by atoms with Gasteiger partial charge < -0.3 is 21.5 Å². The second kappa shape index (κ2) is 15.5. The fourth-order valence-electron chi connectivity index (χ4n) is 10.6. The van der Waals surface area contributed by atoms with Crippen LogP contribution in [0.4, 0.5) is 0 Å². The Kier molecular flexibility index (Phi) is 12.8. The lowest BCUT2D eigenvalue weighted by atomic mass is 9.44. The molecule has 4 aliphatic carbocycles. The molecular formula is C34H65N3O5S. The van der Waals surface area contributed by atoms with E-state index in [1.807, 2.05) is 13.8 Å². The van der Waals surface area contributed by atoms with Crippen LogP contribution in [0.2, 0.25) is 0 Å². The average molecular weight is 628 g/mol. The number of nitrogens with one attached hydrogen (secondary N) is 2. The van der Waals surface area contributed by atoms with Gasteiger partial charge in [-0.2, -0.15) is 8.42 Å². The van der Waals surface area contributed by atoms with E-state index in [9.17, 15) is 18.1 Å². The Labute approximate surface area is 263 Å². The maximum atomic E-state index is 11.7. The third kappa shape index (κ3) is 8.75. The molecule has 12 atom stereocenters. The van der Waals surface area contributed by atoms with Gasteiger partial charge in [0.15, 0.2) is 0 Å². The van der Waals surface area contributed by atoms with E-state index in [1.165, 1.54) is 38.5 Å². The van der Waals surface area contributed by atoms with Gasteiger partial charge in [-0.15, -0.1) is 0 Å². The minimum atomic E-state index is -4.45. The summed E-state index contributed by atoms with van der Waals surface area (Å²) in [6.07, 6.45) is 12.6. The van der Waals surface area contributed by atoms with Gasteiger partial charge in [0.25, 0.3) is 0 Å². The van der Waals surface area contributed by atoms with Crippen LogP contribution in [0.25, 0.3) is 0 Å². The summed E-state index contributed by atoms with van der Waals surface area (Å²) in [6, 6.07) is 0.573. The third-order valence-electron chi connectivity index (χ3n) is 12.8.